The van der Waals surface area contributed by atoms with Crippen molar-refractivity contribution in [1.29, 1.82) is 0 Å². The van der Waals surface area contributed by atoms with Gasteiger partial charge >= 0.3 is 6.03 Å². The van der Waals surface area contributed by atoms with E-state index in [2.05, 4.69) is 10.6 Å². The summed E-state index contributed by atoms with van der Waals surface area (Å²) in [6, 6.07) is 6.96. The number of aliphatic hydroxyl groups is 1. The topological polar surface area (TPSA) is 61.4 Å². The van der Waals surface area contributed by atoms with Crippen LogP contribution >= 0.6 is 11.6 Å². The number of hydrogen-bond acceptors (Lipinski definition) is 2. The lowest BCUT2D eigenvalue weighted by Gasteiger charge is -2.18. The van der Waals surface area contributed by atoms with Gasteiger partial charge in [0, 0.05) is 17.7 Å². The first-order valence-electron chi connectivity index (χ1n) is 5.96. The number of carbonyl (C=O) groups is 1. The van der Waals surface area contributed by atoms with Crippen LogP contribution in [0.4, 0.5) is 4.79 Å². The van der Waals surface area contributed by atoms with Crippen molar-refractivity contribution in [3.05, 3.63) is 34.9 Å². The average Bonchev–Trinajstić information content (AvgIpc) is 2.29. The molecule has 3 N–H and O–H groups in total. The molecule has 18 heavy (non-hydrogen) atoms. The summed E-state index contributed by atoms with van der Waals surface area (Å²) in [4.78, 5) is 11.6. The Hall–Kier alpha value is -1.26. The minimum Gasteiger partial charge on any atom is -0.396 e. The molecular weight excluding hydrogens is 252 g/mol. The van der Waals surface area contributed by atoms with Gasteiger partial charge in [0.15, 0.2) is 0 Å². The van der Waals surface area contributed by atoms with Crippen molar-refractivity contribution in [2.24, 2.45) is 0 Å². The van der Waals surface area contributed by atoms with E-state index in [-0.39, 0.29) is 24.7 Å². The van der Waals surface area contributed by atoms with Crippen molar-refractivity contribution in [1.82, 2.24) is 10.6 Å². The molecule has 1 unspecified atom stereocenters. The van der Waals surface area contributed by atoms with Gasteiger partial charge in [-0.25, -0.2) is 4.79 Å². The fourth-order valence-electron chi connectivity index (χ4n) is 1.56. The van der Waals surface area contributed by atoms with Gasteiger partial charge < -0.3 is 15.7 Å². The Bertz CT molecular complexity index is 381. The number of nitrogens with one attached hydrogen (secondary N) is 2. The maximum absolute atomic E-state index is 11.6. The third-order valence-corrected chi connectivity index (χ3v) is 2.91. The third-order valence-electron chi connectivity index (χ3n) is 2.66. The van der Waals surface area contributed by atoms with Crippen molar-refractivity contribution in [3.8, 4) is 0 Å². The number of aliphatic hydroxyl groups excluding tert-OH is 1. The summed E-state index contributed by atoms with van der Waals surface area (Å²) < 4.78 is 0. The molecule has 1 aromatic rings. The summed E-state index contributed by atoms with van der Waals surface area (Å²) >= 11 is 5.80. The zero-order valence-corrected chi connectivity index (χ0v) is 11.4. The van der Waals surface area contributed by atoms with Crippen LogP contribution in [-0.2, 0) is 0 Å². The van der Waals surface area contributed by atoms with Gasteiger partial charge in [-0.15, -0.1) is 0 Å². The number of hydrogen-bond donors (Lipinski definition) is 3. The Labute approximate surface area is 112 Å². The largest absolute Gasteiger partial charge is 0.396 e. The molecule has 1 rings (SSSR count). The molecule has 1 aromatic carbocycles. The molecular formula is C13H19ClN2O2. The van der Waals surface area contributed by atoms with E-state index in [4.69, 9.17) is 16.7 Å². The predicted molar refractivity (Wildman–Crippen MR) is 72.7 cm³/mol. The van der Waals surface area contributed by atoms with Crippen LogP contribution in [-0.4, -0.2) is 23.8 Å². The second kappa shape index (κ2) is 7.24. The molecule has 0 aliphatic heterocycles. The second-order valence-corrected chi connectivity index (χ2v) is 4.74. The highest BCUT2D eigenvalue weighted by Crippen LogP contribution is 2.15. The minimum atomic E-state index is -0.238. The number of amides is 2. The molecule has 0 radical (unpaired) electrons. The number of halogens is 1. The Morgan fingerprint density at radius 2 is 1.89 bits per heavy atom. The highest BCUT2D eigenvalue weighted by Gasteiger charge is 2.11. The summed E-state index contributed by atoms with van der Waals surface area (Å²) in [6.07, 6.45) is 0.544. The SMILES string of the molecule is CC(NC(=O)N[C@H](C)CCO)c1ccc(Cl)cc1. The van der Waals surface area contributed by atoms with Crippen molar-refractivity contribution < 1.29 is 9.90 Å². The van der Waals surface area contributed by atoms with E-state index in [0.29, 0.717) is 11.4 Å². The maximum atomic E-state index is 11.6. The van der Waals surface area contributed by atoms with E-state index in [1.165, 1.54) is 0 Å². The van der Waals surface area contributed by atoms with Crippen LogP contribution in [0.25, 0.3) is 0 Å². The lowest BCUT2D eigenvalue weighted by molar-refractivity contribution is 0.228. The van der Waals surface area contributed by atoms with Gasteiger partial charge in [0.1, 0.15) is 0 Å². The molecule has 0 aliphatic rings. The molecule has 0 fully saturated rings. The fraction of sp³-hybridized carbons (Fsp3) is 0.462. The van der Waals surface area contributed by atoms with Crippen LogP contribution in [0.15, 0.2) is 24.3 Å². The van der Waals surface area contributed by atoms with E-state index in [0.717, 1.165) is 5.56 Å². The zero-order valence-electron chi connectivity index (χ0n) is 10.6. The van der Waals surface area contributed by atoms with Crippen molar-refractivity contribution in [2.75, 3.05) is 6.61 Å². The molecule has 4 nitrogen and oxygen atoms in total. The fourth-order valence-corrected chi connectivity index (χ4v) is 1.69. The standard InChI is InChI=1S/C13H19ClN2O2/c1-9(7-8-17)15-13(18)16-10(2)11-3-5-12(14)6-4-11/h3-6,9-10,17H,7-8H2,1-2H3,(H2,15,16,18)/t9-,10?/m1/s1. The van der Waals surface area contributed by atoms with Gasteiger partial charge in [-0.2, -0.15) is 0 Å². The Balaban J connectivity index is 2.46. The summed E-state index contributed by atoms with van der Waals surface area (Å²) in [6.45, 7) is 3.82. The number of benzene rings is 1. The molecule has 0 saturated carbocycles. The summed E-state index contributed by atoms with van der Waals surface area (Å²) in [7, 11) is 0. The Morgan fingerprint density at radius 1 is 1.28 bits per heavy atom. The van der Waals surface area contributed by atoms with E-state index in [9.17, 15) is 4.79 Å². The maximum Gasteiger partial charge on any atom is 0.315 e. The quantitative estimate of drug-likeness (QED) is 0.770. The van der Waals surface area contributed by atoms with Gasteiger partial charge in [0.2, 0.25) is 0 Å². The summed E-state index contributed by atoms with van der Waals surface area (Å²) in [5, 5.41) is 15.0. The number of urea groups is 1. The van der Waals surface area contributed by atoms with Crippen molar-refractivity contribution >= 4 is 17.6 Å². The van der Waals surface area contributed by atoms with Crippen molar-refractivity contribution in [2.45, 2.75) is 32.4 Å². The van der Waals surface area contributed by atoms with E-state index < -0.39 is 0 Å². The Kier molecular flexibility index (Phi) is 5.95. The summed E-state index contributed by atoms with van der Waals surface area (Å²) in [5.41, 5.74) is 0.990. The minimum absolute atomic E-state index is 0.0487. The monoisotopic (exact) mass is 270 g/mol. The summed E-state index contributed by atoms with van der Waals surface area (Å²) in [5.74, 6) is 0. The van der Waals surface area contributed by atoms with Crippen LogP contribution in [0.3, 0.4) is 0 Å². The highest BCUT2D eigenvalue weighted by atomic mass is 35.5. The number of rotatable bonds is 5. The molecule has 0 aliphatic carbocycles. The van der Waals surface area contributed by atoms with Gasteiger partial charge in [0.05, 0.1) is 6.04 Å². The lowest BCUT2D eigenvalue weighted by atomic mass is 10.1. The first-order valence-corrected chi connectivity index (χ1v) is 6.34. The molecule has 100 valence electrons. The first kappa shape index (κ1) is 14.8. The van der Waals surface area contributed by atoms with Gasteiger partial charge in [-0.05, 0) is 38.0 Å². The highest BCUT2D eigenvalue weighted by molar-refractivity contribution is 6.30. The number of carbonyl (C=O) groups excluding carboxylic acids is 1. The van der Waals surface area contributed by atoms with Crippen LogP contribution < -0.4 is 10.6 Å². The Morgan fingerprint density at radius 3 is 2.44 bits per heavy atom. The molecule has 2 atom stereocenters. The van der Waals surface area contributed by atoms with E-state index in [1.54, 1.807) is 12.1 Å². The molecule has 0 bridgehead atoms. The van der Waals surface area contributed by atoms with Crippen LogP contribution in [0, 0.1) is 0 Å². The van der Waals surface area contributed by atoms with Gasteiger partial charge in [-0.3, -0.25) is 0 Å². The molecule has 5 heteroatoms. The van der Waals surface area contributed by atoms with E-state index >= 15 is 0 Å². The predicted octanol–water partition coefficient (Wildman–Crippen LogP) is 2.47. The third kappa shape index (κ3) is 4.94. The van der Waals surface area contributed by atoms with Crippen LogP contribution in [0.1, 0.15) is 31.9 Å². The molecule has 0 spiro atoms. The van der Waals surface area contributed by atoms with Gasteiger partial charge in [-0.1, -0.05) is 23.7 Å². The molecule has 0 aromatic heterocycles. The van der Waals surface area contributed by atoms with E-state index in [1.807, 2.05) is 26.0 Å². The lowest BCUT2D eigenvalue weighted by Crippen LogP contribution is -2.42. The van der Waals surface area contributed by atoms with Crippen molar-refractivity contribution in [3.63, 3.8) is 0 Å². The van der Waals surface area contributed by atoms with Crippen LogP contribution in [0.2, 0.25) is 5.02 Å². The molecule has 2 amide bonds. The molecule has 0 saturated heterocycles. The molecule has 0 heterocycles. The van der Waals surface area contributed by atoms with Gasteiger partial charge in [0.25, 0.3) is 0 Å². The second-order valence-electron chi connectivity index (χ2n) is 4.30. The normalized spacial score (nSPS) is 13.8. The zero-order chi connectivity index (χ0) is 13.5. The average molecular weight is 271 g/mol. The van der Waals surface area contributed by atoms with Crippen LogP contribution in [0.5, 0.6) is 0 Å². The first-order chi connectivity index (χ1) is 8.52. The smallest absolute Gasteiger partial charge is 0.315 e.